The second-order valence-electron chi connectivity index (χ2n) is 9.71. The van der Waals surface area contributed by atoms with Crippen molar-refractivity contribution in [1.82, 2.24) is 9.80 Å². The van der Waals surface area contributed by atoms with Crippen LogP contribution in [-0.2, 0) is 9.59 Å². The predicted molar refractivity (Wildman–Crippen MR) is 150 cm³/mol. The van der Waals surface area contributed by atoms with Crippen molar-refractivity contribution < 1.29 is 33.6 Å². The van der Waals surface area contributed by atoms with Crippen LogP contribution in [0.3, 0.4) is 0 Å². The third-order valence-electron chi connectivity index (χ3n) is 6.81. The average molecular weight is 541 g/mol. The smallest absolute Gasteiger partial charge is 0.295 e. The van der Waals surface area contributed by atoms with Crippen molar-refractivity contribution in [2.45, 2.75) is 33.7 Å². The number of nitrogens with zero attached hydrogens (tertiary/aromatic N) is 2. The van der Waals surface area contributed by atoms with Crippen molar-refractivity contribution in [2.24, 2.45) is 5.92 Å². The van der Waals surface area contributed by atoms with Crippen molar-refractivity contribution in [3.63, 3.8) is 0 Å². The molecule has 9 heteroatoms. The van der Waals surface area contributed by atoms with Crippen LogP contribution in [0.1, 0.15) is 44.9 Å². The number of carbonyl (C=O) groups excluding carboxylic acids is 2. The number of rotatable bonds is 13. The maximum absolute atomic E-state index is 13.4. The van der Waals surface area contributed by atoms with E-state index in [1.807, 2.05) is 13.8 Å². The summed E-state index contributed by atoms with van der Waals surface area (Å²) < 4.78 is 22.3. The van der Waals surface area contributed by atoms with Crippen molar-refractivity contribution >= 4 is 17.4 Å². The summed E-state index contributed by atoms with van der Waals surface area (Å²) in [6.07, 6.45) is 0. The number of amides is 1. The summed E-state index contributed by atoms with van der Waals surface area (Å²) in [4.78, 5) is 30.5. The molecule has 1 fully saturated rings. The van der Waals surface area contributed by atoms with Crippen LogP contribution in [0.4, 0.5) is 0 Å². The van der Waals surface area contributed by atoms with E-state index in [2.05, 4.69) is 18.7 Å². The van der Waals surface area contributed by atoms with Crippen molar-refractivity contribution in [1.29, 1.82) is 0 Å². The molecule has 39 heavy (non-hydrogen) atoms. The van der Waals surface area contributed by atoms with Crippen LogP contribution in [0.2, 0.25) is 0 Å². The second kappa shape index (κ2) is 13.4. The van der Waals surface area contributed by atoms with Gasteiger partial charge in [-0.15, -0.1) is 0 Å². The molecular weight excluding hydrogens is 500 g/mol. The number of carbonyl (C=O) groups is 2. The molecule has 3 rings (SSSR count). The molecule has 1 heterocycles. The summed E-state index contributed by atoms with van der Waals surface area (Å²) in [7, 11) is 4.51. The molecule has 0 aromatic heterocycles. The lowest BCUT2D eigenvalue weighted by molar-refractivity contribution is -0.140. The maximum atomic E-state index is 13.4. The molecule has 1 unspecified atom stereocenters. The summed E-state index contributed by atoms with van der Waals surface area (Å²) in [6.45, 7) is 11.2. The van der Waals surface area contributed by atoms with Gasteiger partial charge in [-0.2, -0.15) is 0 Å². The van der Waals surface area contributed by atoms with Gasteiger partial charge in [-0.05, 0) is 61.0 Å². The summed E-state index contributed by atoms with van der Waals surface area (Å²) in [6, 6.07) is 9.40. The first kappa shape index (κ1) is 29.8. The van der Waals surface area contributed by atoms with Gasteiger partial charge in [-0.1, -0.05) is 27.7 Å². The minimum absolute atomic E-state index is 0.00432. The van der Waals surface area contributed by atoms with E-state index in [9.17, 15) is 14.7 Å². The molecular formula is C30H40N2O7. The molecule has 0 spiro atoms. The van der Waals surface area contributed by atoms with Crippen molar-refractivity contribution in [2.75, 3.05) is 54.1 Å². The zero-order valence-corrected chi connectivity index (χ0v) is 23.9. The van der Waals surface area contributed by atoms with Crippen LogP contribution in [0.15, 0.2) is 42.0 Å². The minimum atomic E-state index is -0.855. The fourth-order valence-corrected chi connectivity index (χ4v) is 4.63. The molecule has 1 N–H and O–H groups in total. The zero-order valence-electron chi connectivity index (χ0n) is 23.9. The predicted octanol–water partition coefficient (Wildman–Crippen LogP) is 4.51. The van der Waals surface area contributed by atoms with Gasteiger partial charge >= 0.3 is 0 Å². The normalized spacial score (nSPS) is 16.7. The molecule has 1 aliphatic heterocycles. The molecule has 1 aliphatic rings. The molecule has 0 saturated carbocycles. The van der Waals surface area contributed by atoms with Crippen LogP contribution in [0.5, 0.6) is 23.0 Å². The standard InChI is InChI=1S/C30H40N2O7/c1-8-31(9-2)14-15-32-26(21-16-23(36-5)29(38-7)24(17-21)37-6)25(28(34)30(32)35)27(33)20-10-12-22(13-11-20)39-18-19(3)4/h10-13,16-17,19,26,33H,8-9,14-15,18H2,1-7H3/b27-25+. The zero-order chi connectivity index (χ0) is 28.7. The number of methoxy groups -OCH3 is 3. The Bertz CT molecular complexity index is 1160. The highest BCUT2D eigenvalue weighted by Gasteiger charge is 2.46. The molecule has 9 nitrogen and oxygen atoms in total. The van der Waals surface area contributed by atoms with Gasteiger partial charge in [-0.3, -0.25) is 9.59 Å². The first-order valence-corrected chi connectivity index (χ1v) is 13.2. The Balaban J connectivity index is 2.14. The van der Waals surface area contributed by atoms with Crippen LogP contribution < -0.4 is 18.9 Å². The van der Waals surface area contributed by atoms with Crippen LogP contribution in [0, 0.1) is 5.92 Å². The van der Waals surface area contributed by atoms with E-state index in [0.717, 1.165) is 13.1 Å². The van der Waals surface area contributed by atoms with Gasteiger partial charge in [0.05, 0.1) is 39.6 Å². The highest BCUT2D eigenvalue weighted by molar-refractivity contribution is 6.46. The highest BCUT2D eigenvalue weighted by atomic mass is 16.5. The molecule has 212 valence electrons. The number of likely N-dealkylation sites (N-methyl/N-ethyl adjacent to an activating group) is 1. The number of ketones is 1. The largest absolute Gasteiger partial charge is 0.507 e. The monoisotopic (exact) mass is 540 g/mol. The first-order valence-electron chi connectivity index (χ1n) is 13.2. The number of hydrogen-bond acceptors (Lipinski definition) is 8. The fraction of sp³-hybridized carbons (Fsp3) is 0.467. The molecule has 1 saturated heterocycles. The molecule has 1 amide bonds. The first-order chi connectivity index (χ1) is 18.7. The van der Waals surface area contributed by atoms with E-state index >= 15 is 0 Å². The SMILES string of the molecule is CCN(CC)CCN1C(=O)C(=O)/C(=C(/O)c2ccc(OCC(C)C)cc2)C1c1cc(OC)c(OC)c(OC)c1. The van der Waals surface area contributed by atoms with Gasteiger partial charge < -0.3 is 33.9 Å². The Morgan fingerprint density at radius 1 is 0.974 bits per heavy atom. The van der Waals surface area contributed by atoms with Gasteiger partial charge in [0.2, 0.25) is 5.75 Å². The summed E-state index contributed by atoms with van der Waals surface area (Å²) in [5.74, 6) is 0.504. The Morgan fingerprint density at radius 3 is 2.05 bits per heavy atom. The van der Waals surface area contributed by atoms with E-state index in [1.165, 1.54) is 26.2 Å². The van der Waals surface area contributed by atoms with Gasteiger partial charge in [0.15, 0.2) is 11.5 Å². The van der Waals surface area contributed by atoms with E-state index < -0.39 is 17.7 Å². The number of likely N-dealkylation sites (tertiary alicyclic amines) is 1. The number of benzene rings is 2. The number of hydrogen-bond donors (Lipinski definition) is 1. The number of ether oxygens (including phenoxy) is 4. The second-order valence-corrected chi connectivity index (χ2v) is 9.71. The molecule has 2 aromatic rings. The molecule has 0 aliphatic carbocycles. The van der Waals surface area contributed by atoms with E-state index in [0.29, 0.717) is 59.7 Å². The van der Waals surface area contributed by atoms with Crippen LogP contribution >= 0.6 is 0 Å². The van der Waals surface area contributed by atoms with E-state index in [1.54, 1.807) is 36.4 Å². The average Bonchev–Trinajstić information content (AvgIpc) is 3.20. The molecule has 0 radical (unpaired) electrons. The summed E-state index contributed by atoms with van der Waals surface area (Å²) in [5, 5.41) is 11.4. The fourth-order valence-electron chi connectivity index (χ4n) is 4.63. The third kappa shape index (κ3) is 6.47. The Hall–Kier alpha value is -3.72. The summed E-state index contributed by atoms with van der Waals surface area (Å²) in [5.41, 5.74) is 0.970. The molecule has 1 atom stereocenters. The topological polar surface area (TPSA) is 97.8 Å². The quantitative estimate of drug-likeness (QED) is 0.225. The van der Waals surface area contributed by atoms with E-state index in [-0.39, 0.29) is 11.3 Å². The third-order valence-corrected chi connectivity index (χ3v) is 6.81. The lowest BCUT2D eigenvalue weighted by Gasteiger charge is -2.29. The Morgan fingerprint density at radius 2 is 1.56 bits per heavy atom. The number of aliphatic hydroxyl groups excluding tert-OH is 1. The van der Waals surface area contributed by atoms with Gasteiger partial charge in [0, 0.05) is 18.7 Å². The minimum Gasteiger partial charge on any atom is -0.507 e. The van der Waals surface area contributed by atoms with Crippen LogP contribution in [0.25, 0.3) is 5.76 Å². The van der Waals surface area contributed by atoms with E-state index in [4.69, 9.17) is 18.9 Å². The number of aliphatic hydroxyl groups is 1. The molecule has 2 aromatic carbocycles. The van der Waals surface area contributed by atoms with Gasteiger partial charge in [0.25, 0.3) is 11.7 Å². The van der Waals surface area contributed by atoms with Gasteiger partial charge in [0.1, 0.15) is 11.5 Å². The van der Waals surface area contributed by atoms with Crippen molar-refractivity contribution in [3.8, 4) is 23.0 Å². The lowest BCUT2D eigenvalue weighted by Crippen LogP contribution is -2.38. The summed E-state index contributed by atoms with van der Waals surface area (Å²) >= 11 is 0. The highest BCUT2D eigenvalue weighted by Crippen LogP contribution is 2.45. The number of Topliss-reactive ketones (excluding diaryl/α,β-unsaturated/α-hetero) is 1. The lowest BCUT2D eigenvalue weighted by atomic mass is 9.94. The van der Waals surface area contributed by atoms with Gasteiger partial charge in [-0.25, -0.2) is 0 Å². The molecule has 0 bridgehead atoms. The van der Waals surface area contributed by atoms with Crippen LogP contribution in [-0.4, -0.2) is 80.7 Å². The maximum Gasteiger partial charge on any atom is 0.295 e. The Labute approximate surface area is 230 Å². The Kier molecular flexibility index (Phi) is 10.2. The van der Waals surface area contributed by atoms with Crippen molar-refractivity contribution in [3.05, 3.63) is 53.1 Å².